The number of benzene rings is 1. The second-order valence-corrected chi connectivity index (χ2v) is 6.38. The monoisotopic (exact) mass is 355 g/mol. The first kappa shape index (κ1) is 16.2. The van der Waals surface area contributed by atoms with Gasteiger partial charge in [-0.2, -0.15) is 5.10 Å². The summed E-state index contributed by atoms with van der Waals surface area (Å²) in [4.78, 5) is 14.7. The molecule has 25 heavy (non-hydrogen) atoms. The van der Waals surface area contributed by atoms with Crippen LogP contribution >= 0.6 is 0 Å². The molecule has 0 aliphatic carbocycles. The van der Waals surface area contributed by atoms with Crippen molar-refractivity contribution in [1.29, 1.82) is 0 Å². The predicted octanol–water partition coefficient (Wildman–Crippen LogP) is 2.71. The Morgan fingerprint density at radius 1 is 1.28 bits per heavy atom. The lowest BCUT2D eigenvalue weighted by molar-refractivity contribution is -0.274. The minimum Gasteiger partial charge on any atom is -0.456 e. The summed E-state index contributed by atoms with van der Waals surface area (Å²) in [6, 6.07) is 4.04. The van der Waals surface area contributed by atoms with Crippen LogP contribution < -0.4 is 4.74 Å². The number of hydrogen-bond donors (Lipinski definition) is 1. The molecule has 4 heterocycles. The van der Waals surface area contributed by atoms with Crippen LogP contribution in [0.2, 0.25) is 0 Å². The van der Waals surface area contributed by atoms with Crippen LogP contribution in [0.5, 0.6) is 5.75 Å². The SMILES string of the molecule is O=C(OC1CN2CCC1CC2)c1[nH]nc2c(OC(F)(F)F)cccc12. The second kappa shape index (κ2) is 5.91. The highest BCUT2D eigenvalue weighted by molar-refractivity contribution is 6.03. The number of esters is 1. The molecule has 0 radical (unpaired) electrons. The van der Waals surface area contributed by atoms with Gasteiger partial charge >= 0.3 is 12.3 Å². The summed E-state index contributed by atoms with van der Waals surface area (Å²) in [6.45, 7) is 2.73. The summed E-state index contributed by atoms with van der Waals surface area (Å²) in [5, 5.41) is 6.53. The number of halogens is 3. The molecule has 9 heteroatoms. The third-order valence-electron chi connectivity index (χ3n) is 4.83. The number of para-hydroxylation sites is 1. The molecule has 0 spiro atoms. The molecule has 1 N–H and O–H groups in total. The zero-order valence-corrected chi connectivity index (χ0v) is 13.2. The van der Waals surface area contributed by atoms with Crippen molar-refractivity contribution in [3.63, 3.8) is 0 Å². The number of ether oxygens (including phenoxy) is 2. The van der Waals surface area contributed by atoms with Crippen molar-refractivity contribution in [3.8, 4) is 5.75 Å². The summed E-state index contributed by atoms with van der Waals surface area (Å²) < 4.78 is 47.0. The first-order valence-corrected chi connectivity index (χ1v) is 8.07. The highest BCUT2D eigenvalue weighted by Crippen LogP contribution is 2.33. The van der Waals surface area contributed by atoms with E-state index in [1.165, 1.54) is 12.1 Å². The maximum Gasteiger partial charge on any atom is 0.573 e. The molecule has 2 aromatic rings. The van der Waals surface area contributed by atoms with Crippen LogP contribution in [0, 0.1) is 5.92 Å². The van der Waals surface area contributed by atoms with Gasteiger partial charge in [0.15, 0.2) is 11.4 Å². The first-order valence-electron chi connectivity index (χ1n) is 8.07. The minimum atomic E-state index is -4.83. The Labute approximate surface area is 140 Å². The van der Waals surface area contributed by atoms with E-state index in [1.54, 1.807) is 0 Å². The summed E-state index contributed by atoms with van der Waals surface area (Å²) in [6.07, 6.45) is -3.04. The van der Waals surface area contributed by atoms with Gasteiger partial charge in [0.1, 0.15) is 11.6 Å². The quantitative estimate of drug-likeness (QED) is 0.858. The standard InChI is InChI=1S/C16H16F3N3O3/c17-16(18,19)25-11-3-1-2-10-13(11)20-21-14(10)15(23)24-12-8-22-6-4-9(12)5-7-22/h1-3,9,12H,4-8H2,(H,20,21). The molecule has 6 nitrogen and oxygen atoms in total. The Balaban J connectivity index is 1.57. The fourth-order valence-electron chi connectivity index (χ4n) is 3.61. The zero-order chi connectivity index (χ0) is 17.6. The maximum absolute atomic E-state index is 12.5. The lowest BCUT2D eigenvalue weighted by atomic mass is 9.86. The topological polar surface area (TPSA) is 67.5 Å². The Morgan fingerprint density at radius 3 is 2.68 bits per heavy atom. The van der Waals surface area contributed by atoms with E-state index in [9.17, 15) is 18.0 Å². The van der Waals surface area contributed by atoms with E-state index >= 15 is 0 Å². The van der Waals surface area contributed by atoms with Crippen LogP contribution in [-0.4, -0.2) is 53.2 Å². The number of hydrogen-bond acceptors (Lipinski definition) is 5. The van der Waals surface area contributed by atoms with E-state index in [-0.39, 0.29) is 22.7 Å². The van der Waals surface area contributed by atoms with Crippen molar-refractivity contribution >= 4 is 16.9 Å². The number of alkyl halides is 3. The molecule has 3 saturated heterocycles. The summed E-state index contributed by atoms with van der Waals surface area (Å²) in [5.41, 5.74) is -0.0141. The minimum absolute atomic E-state index is 0.0408. The molecular weight excluding hydrogens is 339 g/mol. The van der Waals surface area contributed by atoms with Gasteiger partial charge in [-0.05, 0) is 37.9 Å². The number of nitrogens with zero attached hydrogens (tertiary/aromatic N) is 2. The summed E-state index contributed by atoms with van der Waals surface area (Å²) >= 11 is 0. The molecule has 1 aromatic carbocycles. The average molecular weight is 355 g/mol. The molecular formula is C16H16F3N3O3. The fourth-order valence-corrected chi connectivity index (χ4v) is 3.61. The molecule has 134 valence electrons. The number of aromatic nitrogens is 2. The molecule has 1 atom stereocenters. The Bertz CT molecular complexity index is 797. The van der Waals surface area contributed by atoms with Crippen molar-refractivity contribution in [3.05, 3.63) is 23.9 Å². The third kappa shape index (κ3) is 3.15. The van der Waals surface area contributed by atoms with Crippen molar-refractivity contribution in [2.24, 2.45) is 5.92 Å². The van der Waals surface area contributed by atoms with Gasteiger partial charge in [-0.1, -0.05) is 12.1 Å². The van der Waals surface area contributed by atoms with Gasteiger partial charge in [0, 0.05) is 11.9 Å². The zero-order valence-electron chi connectivity index (χ0n) is 13.2. The van der Waals surface area contributed by atoms with Gasteiger partial charge in [0.2, 0.25) is 0 Å². The number of carbonyl (C=O) groups excluding carboxylic acids is 1. The second-order valence-electron chi connectivity index (χ2n) is 6.38. The summed E-state index contributed by atoms with van der Waals surface area (Å²) in [5.74, 6) is -0.721. The average Bonchev–Trinajstić information content (AvgIpc) is 3.00. The molecule has 2 bridgehead atoms. The van der Waals surface area contributed by atoms with Crippen LogP contribution in [-0.2, 0) is 4.74 Å². The Morgan fingerprint density at radius 2 is 2.04 bits per heavy atom. The van der Waals surface area contributed by atoms with Crippen molar-refractivity contribution < 1.29 is 27.4 Å². The molecule has 0 saturated carbocycles. The van der Waals surface area contributed by atoms with E-state index in [0.29, 0.717) is 12.5 Å². The number of fused-ring (bicyclic) bond motifs is 4. The number of rotatable bonds is 3. The number of carbonyl (C=O) groups is 1. The van der Waals surface area contributed by atoms with Gasteiger partial charge in [-0.15, -0.1) is 13.2 Å². The van der Waals surface area contributed by atoms with Crippen molar-refractivity contribution in [2.45, 2.75) is 25.3 Å². The number of nitrogens with one attached hydrogen (secondary N) is 1. The van der Waals surface area contributed by atoms with Gasteiger partial charge in [-0.3, -0.25) is 10.00 Å². The molecule has 1 aromatic heterocycles. The molecule has 0 amide bonds. The van der Waals surface area contributed by atoms with Gasteiger partial charge in [0.25, 0.3) is 0 Å². The van der Waals surface area contributed by atoms with Gasteiger partial charge in [0.05, 0.1) is 0 Å². The lowest BCUT2D eigenvalue weighted by Crippen LogP contribution is -2.51. The van der Waals surface area contributed by atoms with Gasteiger partial charge in [-0.25, -0.2) is 4.79 Å². The highest BCUT2D eigenvalue weighted by Gasteiger charge is 2.37. The van der Waals surface area contributed by atoms with Crippen molar-refractivity contribution in [1.82, 2.24) is 15.1 Å². The van der Waals surface area contributed by atoms with Crippen molar-refractivity contribution in [2.75, 3.05) is 19.6 Å². The van der Waals surface area contributed by atoms with E-state index in [0.717, 1.165) is 32.0 Å². The smallest absolute Gasteiger partial charge is 0.456 e. The van der Waals surface area contributed by atoms with Crippen LogP contribution in [0.25, 0.3) is 10.9 Å². The number of aromatic amines is 1. The van der Waals surface area contributed by atoms with E-state index in [1.807, 2.05) is 0 Å². The van der Waals surface area contributed by atoms with E-state index in [4.69, 9.17) is 4.74 Å². The Hall–Kier alpha value is -2.29. The van der Waals surface area contributed by atoms with Crippen LogP contribution in [0.15, 0.2) is 18.2 Å². The van der Waals surface area contributed by atoms with E-state index in [2.05, 4.69) is 19.8 Å². The molecule has 3 fully saturated rings. The lowest BCUT2D eigenvalue weighted by Gasteiger charge is -2.43. The van der Waals surface area contributed by atoms with Crippen LogP contribution in [0.4, 0.5) is 13.2 Å². The van der Waals surface area contributed by atoms with E-state index < -0.39 is 18.1 Å². The Kier molecular flexibility index (Phi) is 3.82. The molecule has 3 aliphatic heterocycles. The summed E-state index contributed by atoms with van der Waals surface area (Å²) in [7, 11) is 0. The molecule has 5 rings (SSSR count). The van der Waals surface area contributed by atoms with Crippen LogP contribution in [0.1, 0.15) is 23.3 Å². The first-order chi connectivity index (χ1) is 11.9. The van der Waals surface area contributed by atoms with Gasteiger partial charge < -0.3 is 9.47 Å². The third-order valence-corrected chi connectivity index (χ3v) is 4.83. The molecule has 1 unspecified atom stereocenters. The van der Waals surface area contributed by atoms with Crippen LogP contribution in [0.3, 0.4) is 0 Å². The largest absolute Gasteiger partial charge is 0.573 e. The maximum atomic E-state index is 12.5. The number of H-pyrrole nitrogens is 1. The fraction of sp³-hybridized carbons (Fsp3) is 0.500. The number of piperidine rings is 3. The normalized spacial score (nSPS) is 26.0. The predicted molar refractivity (Wildman–Crippen MR) is 81.1 cm³/mol. The highest BCUT2D eigenvalue weighted by atomic mass is 19.4. The molecule has 3 aliphatic rings.